The molecule has 0 heterocycles. The van der Waals surface area contributed by atoms with Crippen LogP contribution in [0.5, 0.6) is 0 Å². The van der Waals surface area contributed by atoms with Gasteiger partial charge in [0.15, 0.2) is 0 Å². The van der Waals surface area contributed by atoms with Crippen LogP contribution in [0.1, 0.15) is 136 Å². The van der Waals surface area contributed by atoms with Gasteiger partial charge in [0.25, 0.3) is 0 Å². The lowest BCUT2D eigenvalue weighted by molar-refractivity contribution is 0.531. The van der Waals surface area contributed by atoms with E-state index in [1.165, 1.54) is 116 Å². The van der Waals surface area contributed by atoms with Crippen molar-refractivity contribution in [2.24, 2.45) is 0 Å². The molecule has 0 aliphatic heterocycles. The van der Waals surface area contributed by atoms with E-state index >= 15 is 0 Å². The Morgan fingerprint density at radius 1 is 0.375 bits per heavy atom. The van der Waals surface area contributed by atoms with E-state index in [0.717, 1.165) is 5.88 Å². The average molecular weight is 364 g/mol. The van der Waals surface area contributed by atoms with Crippen LogP contribution in [0.4, 0.5) is 0 Å². The van der Waals surface area contributed by atoms with Crippen LogP contribution in [0.3, 0.4) is 0 Å². The second-order valence-corrected chi connectivity index (χ2v) is 7.37. The van der Waals surface area contributed by atoms with E-state index in [1.807, 2.05) is 0 Å². The zero-order chi connectivity index (χ0) is 17.4. The van der Waals surface area contributed by atoms with Crippen LogP contribution in [0.15, 0.2) is 0 Å². The van der Waals surface area contributed by atoms with Gasteiger partial charge in [0.05, 0.1) is 0 Å². The third-order valence-electron chi connectivity index (χ3n) is 4.49. The Morgan fingerprint density at radius 2 is 0.625 bits per heavy atom. The minimum absolute atomic E-state index is 0. The van der Waals surface area contributed by atoms with Crippen LogP contribution < -0.4 is 6.15 Å². The predicted molar refractivity (Wildman–Crippen MR) is 116 cm³/mol. The normalized spacial score (nSPS) is 10.0. The first-order valence-corrected chi connectivity index (χ1v) is 11.4. The van der Waals surface area contributed by atoms with Crippen molar-refractivity contribution in [3.05, 3.63) is 0 Å². The molecule has 0 atom stereocenters. The van der Waals surface area contributed by atoms with Gasteiger partial charge in [0.2, 0.25) is 0 Å². The summed E-state index contributed by atoms with van der Waals surface area (Å²) in [6.07, 6.45) is 25.5. The van der Waals surface area contributed by atoms with Gasteiger partial charge in [-0.2, -0.15) is 0 Å². The number of unbranched alkanes of at least 4 members (excludes halogenated alkanes) is 16. The maximum atomic E-state index is 5.66. The van der Waals surface area contributed by atoms with E-state index in [4.69, 9.17) is 11.6 Å². The number of halogens is 1. The summed E-state index contributed by atoms with van der Waals surface area (Å²) in [5.41, 5.74) is 0. The molecule has 0 bridgehead atoms. The van der Waals surface area contributed by atoms with Gasteiger partial charge < -0.3 is 6.15 Å². The van der Waals surface area contributed by atoms with Crippen LogP contribution in [0.2, 0.25) is 0 Å². The molecule has 0 aromatic rings. The Labute approximate surface area is 160 Å². The molecule has 0 saturated heterocycles. The molecule has 3 N–H and O–H groups in total. The fraction of sp³-hybridized carbons (Fsp3) is 1.00. The first-order chi connectivity index (χ1) is 11.3. The monoisotopic (exact) mass is 363 g/mol. The van der Waals surface area contributed by atoms with Crippen LogP contribution in [0.25, 0.3) is 0 Å². The lowest BCUT2D eigenvalue weighted by Gasteiger charge is -2.03. The third kappa shape index (κ3) is 33.8. The molecular weight excluding hydrogens is 314 g/mol. The van der Waals surface area contributed by atoms with Gasteiger partial charge in [-0.15, -0.1) is 11.6 Å². The third-order valence-corrected chi connectivity index (χ3v) is 4.75. The van der Waals surface area contributed by atoms with Gasteiger partial charge in [-0.3, -0.25) is 0 Å². The molecule has 1 nitrogen and oxygen atoms in total. The van der Waals surface area contributed by atoms with Crippen molar-refractivity contribution in [1.29, 1.82) is 0 Å². The molecule has 0 fully saturated rings. The fourth-order valence-corrected chi connectivity index (χ4v) is 2.83. The Morgan fingerprint density at radius 3 is 0.833 bits per heavy atom. The van der Waals surface area contributed by atoms with Gasteiger partial charge in [0.1, 0.15) is 0 Å². The molecule has 24 heavy (non-hydrogen) atoms. The van der Waals surface area contributed by atoms with Crippen molar-refractivity contribution in [1.82, 2.24) is 6.15 Å². The Bertz CT molecular complexity index is 155. The number of rotatable bonds is 17. The summed E-state index contributed by atoms with van der Waals surface area (Å²) in [7, 11) is 0. The van der Waals surface area contributed by atoms with Crippen molar-refractivity contribution >= 4 is 11.6 Å². The number of hydrogen-bond donors (Lipinski definition) is 1. The summed E-state index contributed by atoms with van der Waals surface area (Å²) in [6.45, 7) is 6.65. The lowest BCUT2D eigenvalue weighted by atomic mass is 10.0. The molecule has 0 unspecified atom stereocenters. The van der Waals surface area contributed by atoms with Gasteiger partial charge in [-0.05, 0) is 6.42 Å². The second kappa shape index (κ2) is 31.1. The van der Waals surface area contributed by atoms with Crippen LogP contribution in [-0.2, 0) is 0 Å². The Kier molecular flexibility index (Phi) is 37.6. The van der Waals surface area contributed by atoms with Crippen molar-refractivity contribution in [2.45, 2.75) is 136 Å². The van der Waals surface area contributed by atoms with E-state index in [0.29, 0.717) is 0 Å². The first kappa shape index (κ1) is 29.0. The molecule has 2 heteroatoms. The standard InChI is InChI=1S/C18H37Cl.C4H10.H3N/c1-2-3-4-5-6-7-8-9-10-11-12-13-14-15-16-17-18-19;1-3-4-2;/h2-18H2,1H3;3-4H2,1-2H3;1H3. The topological polar surface area (TPSA) is 35.0 Å². The van der Waals surface area contributed by atoms with Crippen molar-refractivity contribution in [2.75, 3.05) is 5.88 Å². The van der Waals surface area contributed by atoms with E-state index in [-0.39, 0.29) is 6.15 Å². The molecule has 0 aromatic carbocycles. The van der Waals surface area contributed by atoms with Crippen molar-refractivity contribution in [3.8, 4) is 0 Å². The number of alkyl halides is 1. The highest BCUT2D eigenvalue weighted by molar-refractivity contribution is 6.17. The average Bonchev–Trinajstić information content (AvgIpc) is 2.58. The minimum Gasteiger partial charge on any atom is -0.344 e. The summed E-state index contributed by atoms with van der Waals surface area (Å²) < 4.78 is 0. The molecule has 0 aliphatic carbocycles. The number of hydrogen-bond acceptors (Lipinski definition) is 1. The highest BCUT2D eigenvalue weighted by Gasteiger charge is 1.94. The highest BCUT2D eigenvalue weighted by atomic mass is 35.5. The minimum atomic E-state index is 0. The van der Waals surface area contributed by atoms with E-state index < -0.39 is 0 Å². The summed E-state index contributed by atoms with van der Waals surface area (Å²) in [6, 6.07) is 0. The summed E-state index contributed by atoms with van der Waals surface area (Å²) in [5.74, 6) is 0.846. The summed E-state index contributed by atoms with van der Waals surface area (Å²) in [5, 5.41) is 0. The second-order valence-electron chi connectivity index (χ2n) is 6.99. The molecule has 0 radical (unpaired) electrons. The molecule has 0 spiro atoms. The van der Waals surface area contributed by atoms with Crippen molar-refractivity contribution < 1.29 is 0 Å². The molecular formula is C22H50ClN. The summed E-state index contributed by atoms with van der Waals surface area (Å²) in [4.78, 5) is 0. The molecule has 0 aromatic heterocycles. The van der Waals surface area contributed by atoms with Crippen LogP contribution in [0, 0.1) is 0 Å². The summed E-state index contributed by atoms with van der Waals surface area (Å²) >= 11 is 5.66. The Balaban J connectivity index is -0.000000787. The largest absolute Gasteiger partial charge is 0.344 e. The molecule has 0 saturated carbocycles. The Hall–Kier alpha value is 0.250. The van der Waals surface area contributed by atoms with Gasteiger partial charge >= 0.3 is 0 Å². The smallest absolute Gasteiger partial charge is 0.0223 e. The lowest BCUT2D eigenvalue weighted by Crippen LogP contribution is -1.83. The highest BCUT2D eigenvalue weighted by Crippen LogP contribution is 2.13. The van der Waals surface area contributed by atoms with Gasteiger partial charge in [0, 0.05) is 5.88 Å². The first-order valence-electron chi connectivity index (χ1n) is 10.9. The fourth-order valence-electron chi connectivity index (χ4n) is 2.64. The SMILES string of the molecule is CCCC.CCCCCCCCCCCCCCCCCCCl.N. The van der Waals surface area contributed by atoms with Crippen LogP contribution >= 0.6 is 11.6 Å². The van der Waals surface area contributed by atoms with Crippen molar-refractivity contribution in [3.63, 3.8) is 0 Å². The van der Waals surface area contributed by atoms with Gasteiger partial charge in [-0.1, -0.05) is 130 Å². The zero-order valence-corrected chi connectivity index (χ0v) is 18.3. The molecule has 0 aliphatic rings. The predicted octanol–water partition coefficient (Wildman–Crippen LogP) is 9.46. The maximum absolute atomic E-state index is 5.66. The van der Waals surface area contributed by atoms with Crippen LogP contribution in [-0.4, -0.2) is 5.88 Å². The van der Waals surface area contributed by atoms with E-state index in [2.05, 4.69) is 20.8 Å². The van der Waals surface area contributed by atoms with E-state index in [1.54, 1.807) is 0 Å². The van der Waals surface area contributed by atoms with E-state index in [9.17, 15) is 0 Å². The van der Waals surface area contributed by atoms with Gasteiger partial charge in [-0.25, -0.2) is 0 Å². The quantitative estimate of drug-likeness (QED) is 0.202. The molecule has 0 rings (SSSR count). The zero-order valence-electron chi connectivity index (χ0n) is 17.5. The maximum Gasteiger partial charge on any atom is 0.0223 e. The molecule has 0 amide bonds. The molecule has 150 valence electrons.